The lowest BCUT2D eigenvalue weighted by molar-refractivity contribution is -0.126. The highest BCUT2D eigenvalue weighted by molar-refractivity contribution is 5.95. The first-order valence-electron chi connectivity index (χ1n) is 10.0. The second-order valence-corrected chi connectivity index (χ2v) is 7.18. The van der Waals surface area contributed by atoms with E-state index >= 15 is 0 Å². The first-order chi connectivity index (χ1) is 15.0. The highest BCUT2D eigenvalue weighted by Crippen LogP contribution is 2.25. The minimum absolute atomic E-state index is 0.105. The van der Waals surface area contributed by atoms with Crippen molar-refractivity contribution in [3.8, 4) is 17.2 Å². The number of hydrogen-bond acceptors (Lipinski definition) is 6. The second-order valence-electron chi connectivity index (χ2n) is 7.18. The van der Waals surface area contributed by atoms with Crippen molar-refractivity contribution in [3.05, 3.63) is 53.6 Å². The third-order valence-corrected chi connectivity index (χ3v) is 5.23. The van der Waals surface area contributed by atoms with E-state index in [4.69, 9.17) is 14.2 Å². The van der Waals surface area contributed by atoms with Gasteiger partial charge in [0.2, 0.25) is 5.91 Å². The van der Waals surface area contributed by atoms with Gasteiger partial charge in [-0.2, -0.15) is 5.10 Å². The number of benzene rings is 2. The number of hydrogen-bond donors (Lipinski definition) is 1. The number of nitrogens with one attached hydrogen (secondary N) is 1. The molecule has 0 spiro atoms. The van der Waals surface area contributed by atoms with Gasteiger partial charge in [0, 0.05) is 30.6 Å². The molecule has 0 aliphatic carbocycles. The highest BCUT2D eigenvalue weighted by atomic mass is 16.5. The lowest BCUT2D eigenvalue weighted by atomic mass is 9.95. The van der Waals surface area contributed by atoms with Crippen molar-refractivity contribution >= 4 is 18.0 Å². The summed E-state index contributed by atoms with van der Waals surface area (Å²) < 4.78 is 15.7. The lowest BCUT2D eigenvalue weighted by Gasteiger charge is -2.31. The lowest BCUT2D eigenvalue weighted by Crippen LogP contribution is -2.42. The molecule has 1 fully saturated rings. The highest BCUT2D eigenvalue weighted by Gasteiger charge is 2.28. The minimum atomic E-state index is -0.189. The fourth-order valence-corrected chi connectivity index (χ4v) is 3.44. The zero-order valence-electron chi connectivity index (χ0n) is 18.0. The van der Waals surface area contributed by atoms with Crippen molar-refractivity contribution in [3.63, 3.8) is 0 Å². The van der Waals surface area contributed by atoms with Crippen molar-refractivity contribution in [1.82, 2.24) is 10.3 Å². The molecule has 0 bridgehead atoms. The first kappa shape index (κ1) is 22.1. The first-order valence-corrected chi connectivity index (χ1v) is 10.0. The number of piperidine rings is 1. The van der Waals surface area contributed by atoms with Gasteiger partial charge in [-0.05, 0) is 42.7 Å². The van der Waals surface area contributed by atoms with Crippen LogP contribution in [0.5, 0.6) is 17.2 Å². The van der Waals surface area contributed by atoms with Crippen LogP contribution >= 0.6 is 0 Å². The van der Waals surface area contributed by atoms with Crippen LogP contribution in [0.15, 0.2) is 47.6 Å². The standard InChI is InChI=1S/C23H27N3O5/c1-29-19-6-4-5-16(11-19)15-24-25-22(27)17-7-9-26(10-8-17)23(28)18-12-20(30-2)14-21(13-18)31-3/h4-6,11-15,17H,7-10H2,1-3H3,(H,25,27)/b24-15+. The van der Waals surface area contributed by atoms with Crippen LogP contribution in [0.25, 0.3) is 0 Å². The van der Waals surface area contributed by atoms with Gasteiger partial charge in [0.15, 0.2) is 0 Å². The smallest absolute Gasteiger partial charge is 0.254 e. The Labute approximate surface area is 181 Å². The number of likely N-dealkylation sites (tertiary alicyclic amines) is 1. The zero-order valence-corrected chi connectivity index (χ0v) is 18.0. The van der Waals surface area contributed by atoms with E-state index in [9.17, 15) is 9.59 Å². The molecular formula is C23H27N3O5. The molecule has 2 aromatic rings. The van der Waals surface area contributed by atoms with Gasteiger partial charge in [0.1, 0.15) is 17.2 Å². The van der Waals surface area contributed by atoms with Crippen molar-refractivity contribution in [2.24, 2.45) is 11.0 Å². The van der Waals surface area contributed by atoms with Gasteiger partial charge in [-0.1, -0.05) is 12.1 Å². The van der Waals surface area contributed by atoms with E-state index in [1.165, 1.54) is 0 Å². The van der Waals surface area contributed by atoms with Crippen LogP contribution < -0.4 is 19.6 Å². The predicted octanol–water partition coefficient (Wildman–Crippen LogP) is 2.71. The van der Waals surface area contributed by atoms with Gasteiger partial charge >= 0.3 is 0 Å². The Morgan fingerprint density at radius 2 is 1.61 bits per heavy atom. The Bertz CT molecular complexity index is 930. The van der Waals surface area contributed by atoms with Gasteiger partial charge in [0.05, 0.1) is 27.5 Å². The Balaban J connectivity index is 1.53. The molecule has 1 aliphatic rings. The summed E-state index contributed by atoms with van der Waals surface area (Å²) >= 11 is 0. The summed E-state index contributed by atoms with van der Waals surface area (Å²) in [5.41, 5.74) is 3.93. The molecule has 0 aromatic heterocycles. The van der Waals surface area contributed by atoms with Crippen molar-refractivity contribution in [2.45, 2.75) is 12.8 Å². The van der Waals surface area contributed by atoms with Crippen molar-refractivity contribution < 1.29 is 23.8 Å². The summed E-state index contributed by atoms with van der Waals surface area (Å²) in [6.07, 6.45) is 2.73. The molecule has 3 rings (SSSR count). The Kier molecular flexibility index (Phi) is 7.48. The summed E-state index contributed by atoms with van der Waals surface area (Å²) in [6, 6.07) is 12.5. The largest absolute Gasteiger partial charge is 0.497 e. The molecule has 1 heterocycles. The Hall–Kier alpha value is -3.55. The number of hydrazone groups is 1. The third-order valence-electron chi connectivity index (χ3n) is 5.23. The maximum atomic E-state index is 12.9. The predicted molar refractivity (Wildman–Crippen MR) is 117 cm³/mol. The Morgan fingerprint density at radius 3 is 2.23 bits per heavy atom. The molecule has 0 atom stereocenters. The second kappa shape index (κ2) is 10.5. The monoisotopic (exact) mass is 425 g/mol. The van der Waals surface area contributed by atoms with E-state index in [0.717, 1.165) is 11.3 Å². The summed E-state index contributed by atoms with van der Waals surface area (Å²) in [5, 5.41) is 4.04. The van der Waals surface area contributed by atoms with Crippen LogP contribution in [0.1, 0.15) is 28.8 Å². The molecule has 1 N–H and O–H groups in total. The van der Waals surface area contributed by atoms with Gasteiger partial charge in [-0.15, -0.1) is 0 Å². The third kappa shape index (κ3) is 5.75. The summed E-state index contributed by atoms with van der Waals surface area (Å²) in [6.45, 7) is 0.992. The fourth-order valence-electron chi connectivity index (χ4n) is 3.44. The van der Waals surface area contributed by atoms with E-state index in [1.54, 1.807) is 50.6 Å². The average Bonchev–Trinajstić information content (AvgIpc) is 2.83. The normalized spacial score (nSPS) is 14.4. The molecule has 164 valence electrons. The zero-order chi connectivity index (χ0) is 22.2. The van der Waals surface area contributed by atoms with Crippen LogP contribution in [0.2, 0.25) is 0 Å². The fraction of sp³-hybridized carbons (Fsp3) is 0.348. The molecule has 31 heavy (non-hydrogen) atoms. The van der Waals surface area contributed by atoms with E-state index in [0.29, 0.717) is 43.0 Å². The van der Waals surface area contributed by atoms with Crippen LogP contribution in [-0.2, 0) is 4.79 Å². The number of methoxy groups -OCH3 is 3. The number of amides is 2. The number of rotatable bonds is 7. The summed E-state index contributed by atoms with van der Waals surface area (Å²) in [4.78, 5) is 27.1. The SMILES string of the molecule is COc1cccc(/C=N/NC(=O)C2CCN(C(=O)c3cc(OC)cc(OC)c3)CC2)c1. The molecule has 8 heteroatoms. The maximum absolute atomic E-state index is 12.9. The maximum Gasteiger partial charge on any atom is 0.254 e. The van der Waals surface area contributed by atoms with Gasteiger partial charge in [-0.25, -0.2) is 5.43 Å². The van der Waals surface area contributed by atoms with Gasteiger partial charge in [0.25, 0.3) is 5.91 Å². The minimum Gasteiger partial charge on any atom is -0.497 e. The van der Waals surface area contributed by atoms with E-state index in [-0.39, 0.29) is 17.7 Å². The van der Waals surface area contributed by atoms with Gasteiger partial charge in [-0.3, -0.25) is 9.59 Å². The van der Waals surface area contributed by atoms with E-state index in [1.807, 2.05) is 24.3 Å². The topological polar surface area (TPSA) is 89.5 Å². The number of carbonyl (C=O) groups is 2. The molecule has 1 saturated heterocycles. The summed E-state index contributed by atoms with van der Waals surface area (Å²) in [5.74, 6) is 1.41. The van der Waals surface area contributed by atoms with Gasteiger partial charge < -0.3 is 19.1 Å². The molecule has 0 saturated carbocycles. The number of nitrogens with zero attached hydrogens (tertiary/aromatic N) is 2. The van der Waals surface area contributed by atoms with Crippen LogP contribution in [0.4, 0.5) is 0 Å². The van der Waals surface area contributed by atoms with Crippen molar-refractivity contribution in [2.75, 3.05) is 34.4 Å². The molecule has 1 aliphatic heterocycles. The van der Waals surface area contributed by atoms with Crippen LogP contribution in [0.3, 0.4) is 0 Å². The van der Waals surface area contributed by atoms with Crippen LogP contribution in [-0.4, -0.2) is 57.3 Å². The molecule has 2 amide bonds. The molecule has 2 aromatic carbocycles. The average molecular weight is 425 g/mol. The summed E-state index contributed by atoms with van der Waals surface area (Å²) in [7, 11) is 4.69. The van der Waals surface area contributed by atoms with E-state index < -0.39 is 0 Å². The molecule has 8 nitrogen and oxygen atoms in total. The molecule has 0 radical (unpaired) electrons. The molecular weight excluding hydrogens is 398 g/mol. The molecule has 0 unspecified atom stereocenters. The Morgan fingerprint density at radius 1 is 0.968 bits per heavy atom. The van der Waals surface area contributed by atoms with Crippen molar-refractivity contribution in [1.29, 1.82) is 0 Å². The quantitative estimate of drug-likeness (QED) is 0.544. The number of carbonyl (C=O) groups excluding carboxylic acids is 2. The van der Waals surface area contributed by atoms with Crippen LogP contribution in [0, 0.1) is 5.92 Å². The van der Waals surface area contributed by atoms with E-state index in [2.05, 4.69) is 10.5 Å². The number of ether oxygens (including phenoxy) is 3.